The monoisotopic (exact) mass is 342 g/mol. The van der Waals surface area contributed by atoms with Crippen LogP contribution < -0.4 is 16.6 Å². The summed E-state index contributed by atoms with van der Waals surface area (Å²) in [6.45, 7) is 0. The first-order valence-corrected chi connectivity index (χ1v) is 8.23. The normalized spacial score (nSPS) is 16.0. The predicted octanol–water partition coefficient (Wildman–Crippen LogP) is 1.21. The molecule has 3 rings (SSSR count). The van der Waals surface area contributed by atoms with Gasteiger partial charge in [0.15, 0.2) is 0 Å². The molecule has 122 valence electrons. The molecule has 0 fully saturated rings. The van der Waals surface area contributed by atoms with Gasteiger partial charge in [-0.3, -0.25) is 14.4 Å². The second-order valence-electron chi connectivity index (χ2n) is 5.54. The van der Waals surface area contributed by atoms with Gasteiger partial charge in [-0.1, -0.05) is 0 Å². The van der Waals surface area contributed by atoms with Crippen LogP contribution in [-0.4, -0.2) is 16.8 Å². The number of aryl methyl sites for hydroxylation is 1. The van der Waals surface area contributed by atoms with Gasteiger partial charge in [0.25, 0.3) is 17.4 Å². The highest BCUT2D eigenvalue weighted by molar-refractivity contribution is 7.12. The van der Waals surface area contributed by atoms with Crippen molar-refractivity contribution in [2.45, 2.75) is 25.3 Å². The van der Waals surface area contributed by atoms with E-state index in [4.69, 9.17) is 11.0 Å². The zero-order valence-corrected chi connectivity index (χ0v) is 13.4. The minimum Gasteiger partial charge on any atom is -0.365 e. The van der Waals surface area contributed by atoms with E-state index in [0.29, 0.717) is 34.5 Å². The summed E-state index contributed by atoms with van der Waals surface area (Å²) in [5.41, 5.74) is 6.47. The smallest absolute Gasteiger partial charge is 0.261 e. The molecule has 0 saturated carbocycles. The number of pyridine rings is 1. The number of nitrogens with one attached hydrogen (secondary N) is 2. The van der Waals surface area contributed by atoms with Crippen LogP contribution in [0.3, 0.4) is 0 Å². The molecule has 2 aromatic heterocycles. The summed E-state index contributed by atoms with van der Waals surface area (Å²) < 4.78 is 0. The van der Waals surface area contributed by atoms with Crippen LogP contribution in [0.1, 0.15) is 55.7 Å². The molecule has 1 atom stereocenters. The molecule has 24 heavy (non-hydrogen) atoms. The van der Waals surface area contributed by atoms with Crippen molar-refractivity contribution in [3.63, 3.8) is 0 Å². The summed E-state index contributed by atoms with van der Waals surface area (Å²) in [4.78, 5) is 38.7. The van der Waals surface area contributed by atoms with Crippen LogP contribution in [0.2, 0.25) is 0 Å². The number of aromatic amines is 1. The number of hydrogen-bond acceptors (Lipinski definition) is 5. The Morgan fingerprint density at radius 3 is 2.88 bits per heavy atom. The summed E-state index contributed by atoms with van der Waals surface area (Å²) in [6.07, 6.45) is 2.17. The zero-order valence-electron chi connectivity index (χ0n) is 12.6. The predicted molar refractivity (Wildman–Crippen MR) is 87.8 cm³/mol. The maximum atomic E-state index is 12.4. The Labute approximate surface area is 141 Å². The largest absolute Gasteiger partial charge is 0.365 e. The molecule has 1 aliphatic rings. The molecule has 0 radical (unpaired) electrons. The number of H-pyrrole nitrogens is 1. The van der Waals surface area contributed by atoms with Crippen molar-refractivity contribution in [1.29, 1.82) is 5.26 Å². The molecule has 1 unspecified atom stereocenters. The lowest BCUT2D eigenvalue weighted by Gasteiger charge is -2.26. The summed E-state index contributed by atoms with van der Waals surface area (Å²) in [7, 11) is 0. The van der Waals surface area contributed by atoms with Crippen molar-refractivity contribution in [3.05, 3.63) is 55.1 Å². The van der Waals surface area contributed by atoms with Gasteiger partial charge in [0.1, 0.15) is 11.6 Å². The van der Waals surface area contributed by atoms with E-state index in [0.717, 1.165) is 6.42 Å². The number of nitrogens with two attached hydrogens (primary N) is 1. The maximum absolute atomic E-state index is 12.4. The van der Waals surface area contributed by atoms with Crippen LogP contribution in [0.15, 0.2) is 22.3 Å². The molecular formula is C16H14N4O3S. The van der Waals surface area contributed by atoms with Crippen molar-refractivity contribution in [1.82, 2.24) is 10.3 Å². The Morgan fingerprint density at radius 2 is 2.21 bits per heavy atom. The van der Waals surface area contributed by atoms with E-state index < -0.39 is 11.5 Å². The number of thiophene rings is 1. The number of rotatable bonds is 3. The lowest BCUT2D eigenvalue weighted by atomic mass is 9.90. The fraction of sp³-hybridized carbons (Fsp3) is 0.250. The Bertz CT molecular complexity index is 922. The van der Waals surface area contributed by atoms with E-state index >= 15 is 0 Å². The number of nitrogens with zero attached hydrogens (tertiary/aromatic N) is 1. The third-order valence-corrected chi connectivity index (χ3v) is 4.90. The molecule has 0 aliphatic heterocycles. The lowest BCUT2D eigenvalue weighted by molar-refractivity contribution is 0.0936. The van der Waals surface area contributed by atoms with Crippen LogP contribution in [-0.2, 0) is 6.42 Å². The molecule has 2 aromatic rings. The average Bonchev–Trinajstić information content (AvgIpc) is 3.03. The van der Waals surface area contributed by atoms with Crippen LogP contribution in [0.5, 0.6) is 0 Å². The van der Waals surface area contributed by atoms with E-state index in [1.54, 1.807) is 5.38 Å². The van der Waals surface area contributed by atoms with E-state index in [2.05, 4.69) is 10.3 Å². The van der Waals surface area contributed by atoms with Crippen LogP contribution >= 0.6 is 11.3 Å². The van der Waals surface area contributed by atoms with Crippen LogP contribution in [0.25, 0.3) is 0 Å². The molecule has 0 spiro atoms. The Hall–Kier alpha value is -2.92. The lowest BCUT2D eigenvalue weighted by Crippen LogP contribution is -2.33. The summed E-state index contributed by atoms with van der Waals surface area (Å²) in [5, 5.41) is 13.4. The number of amides is 2. The quantitative estimate of drug-likeness (QED) is 0.774. The highest BCUT2D eigenvalue weighted by Gasteiger charge is 2.25. The summed E-state index contributed by atoms with van der Waals surface area (Å²) >= 11 is 1.20. The number of fused-ring (bicyclic) bond motifs is 1. The molecule has 7 nitrogen and oxygen atoms in total. The van der Waals surface area contributed by atoms with E-state index in [1.807, 2.05) is 6.07 Å². The highest BCUT2D eigenvalue weighted by atomic mass is 32.1. The standard InChI is InChI=1S/C16H14N4O3S/c17-6-8-4-13(24-7-8)16(23)20-12-3-1-2-11-9(12)5-10(14(18)21)15(22)19-11/h4-5,7,12H,1-3H2,(H2,18,21)(H,19,22)(H,20,23). The second-order valence-corrected chi connectivity index (χ2v) is 6.45. The maximum Gasteiger partial charge on any atom is 0.261 e. The summed E-state index contributed by atoms with van der Waals surface area (Å²) in [5.74, 6) is -1.09. The Balaban J connectivity index is 1.90. The van der Waals surface area contributed by atoms with Gasteiger partial charge in [-0.15, -0.1) is 11.3 Å². The second kappa shape index (κ2) is 6.29. The fourth-order valence-electron chi connectivity index (χ4n) is 2.82. The van der Waals surface area contributed by atoms with Crippen molar-refractivity contribution < 1.29 is 9.59 Å². The molecule has 1 aliphatic carbocycles. The van der Waals surface area contributed by atoms with Gasteiger partial charge in [0.2, 0.25) is 0 Å². The van der Waals surface area contributed by atoms with Gasteiger partial charge >= 0.3 is 0 Å². The molecule has 0 aromatic carbocycles. The Kier molecular flexibility index (Phi) is 4.18. The van der Waals surface area contributed by atoms with E-state index in [1.165, 1.54) is 23.5 Å². The van der Waals surface area contributed by atoms with Crippen LogP contribution in [0.4, 0.5) is 0 Å². The Morgan fingerprint density at radius 1 is 1.42 bits per heavy atom. The van der Waals surface area contributed by atoms with Crippen molar-refractivity contribution >= 4 is 23.2 Å². The third kappa shape index (κ3) is 2.94. The SMILES string of the molecule is N#Cc1csc(C(=O)NC2CCCc3[nH]c(=O)c(C(N)=O)cc32)c1. The number of hydrogen-bond donors (Lipinski definition) is 3. The molecular weight excluding hydrogens is 328 g/mol. The zero-order chi connectivity index (χ0) is 17.3. The number of primary amides is 1. The van der Waals surface area contributed by atoms with E-state index in [-0.39, 0.29) is 17.5 Å². The van der Waals surface area contributed by atoms with Gasteiger partial charge < -0.3 is 16.0 Å². The minimum atomic E-state index is -0.799. The first kappa shape index (κ1) is 16.0. The van der Waals surface area contributed by atoms with Crippen molar-refractivity contribution in [2.75, 3.05) is 0 Å². The molecule has 2 heterocycles. The topological polar surface area (TPSA) is 129 Å². The fourth-order valence-corrected chi connectivity index (χ4v) is 3.55. The number of nitriles is 1. The summed E-state index contributed by atoms with van der Waals surface area (Å²) in [6, 6.07) is 4.67. The number of carbonyl (C=O) groups is 2. The minimum absolute atomic E-state index is 0.113. The van der Waals surface area contributed by atoms with Crippen molar-refractivity contribution in [2.24, 2.45) is 5.73 Å². The van der Waals surface area contributed by atoms with Gasteiger partial charge in [-0.2, -0.15) is 5.26 Å². The first-order valence-electron chi connectivity index (χ1n) is 7.35. The average molecular weight is 342 g/mol. The molecule has 2 amide bonds. The third-order valence-electron chi connectivity index (χ3n) is 3.98. The molecule has 4 N–H and O–H groups in total. The van der Waals surface area contributed by atoms with E-state index in [9.17, 15) is 14.4 Å². The number of aromatic nitrogens is 1. The van der Waals surface area contributed by atoms with Gasteiger partial charge in [0, 0.05) is 11.1 Å². The number of carbonyl (C=O) groups excluding carboxylic acids is 2. The van der Waals surface area contributed by atoms with Gasteiger partial charge in [-0.25, -0.2) is 0 Å². The van der Waals surface area contributed by atoms with Gasteiger partial charge in [0.05, 0.1) is 16.5 Å². The molecule has 0 saturated heterocycles. The van der Waals surface area contributed by atoms with Crippen molar-refractivity contribution in [3.8, 4) is 6.07 Å². The van der Waals surface area contributed by atoms with Gasteiger partial charge in [-0.05, 0) is 37.0 Å². The first-order chi connectivity index (χ1) is 11.5. The molecule has 8 heteroatoms. The highest BCUT2D eigenvalue weighted by Crippen LogP contribution is 2.29. The molecule has 0 bridgehead atoms. The van der Waals surface area contributed by atoms with Crippen LogP contribution in [0, 0.1) is 11.3 Å².